The van der Waals surface area contributed by atoms with Crippen LogP contribution in [0.4, 0.5) is 0 Å². The lowest BCUT2D eigenvalue weighted by Gasteiger charge is -2.18. The van der Waals surface area contributed by atoms with Crippen molar-refractivity contribution in [1.82, 2.24) is 15.0 Å². The van der Waals surface area contributed by atoms with Gasteiger partial charge in [-0.15, -0.1) is 0 Å². The average Bonchev–Trinajstić information content (AvgIpc) is 2.37. The smallest absolute Gasteiger partial charge is 0.258 e. The molecule has 1 rings (SSSR count). The van der Waals surface area contributed by atoms with Crippen molar-refractivity contribution in [1.29, 1.82) is 0 Å². The van der Waals surface area contributed by atoms with Crippen LogP contribution in [-0.4, -0.2) is 26.5 Å². The molecule has 0 aliphatic rings. The Morgan fingerprint density at radius 3 is 2.45 bits per heavy atom. The summed E-state index contributed by atoms with van der Waals surface area (Å²) in [6, 6.07) is 3.34. The molecule has 0 amide bonds. The molecular weight excluding hydrogens is 274 g/mol. The van der Waals surface area contributed by atoms with Crippen molar-refractivity contribution in [3.8, 4) is 0 Å². The maximum Gasteiger partial charge on any atom is 0.258 e. The number of nitrogens with zero attached hydrogens (tertiary/aromatic N) is 1. The van der Waals surface area contributed by atoms with Gasteiger partial charge in [-0.3, -0.25) is 0 Å². The monoisotopic (exact) mass is 299 g/mol. The molecule has 0 unspecified atom stereocenters. The number of hydrogen-bond donors (Lipinski definition) is 2. The third kappa shape index (κ3) is 5.98. The van der Waals surface area contributed by atoms with Crippen LogP contribution in [0.1, 0.15) is 39.7 Å². The van der Waals surface area contributed by atoms with Gasteiger partial charge in [0.2, 0.25) is 0 Å². The molecule has 0 atom stereocenters. The third-order valence-corrected chi connectivity index (χ3v) is 3.94. The molecule has 20 heavy (non-hydrogen) atoms. The van der Waals surface area contributed by atoms with Gasteiger partial charge in [-0.05, 0) is 30.0 Å². The van der Waals surface area contributed by atoms with Crippen LogP contribution < -0.4 is 10.0 Å². The summed E-state index contributed by atoms with van der Waals surface area (Å²) in [5, 5.41) is 3.32. The van der Waals surface area contributed by atoms with Gasteiger partial charge >= 0.3 is 0 Å². The maximum atomic E-state index is 12.1. The minimum absolute atomic E-state index is 0.0704. The Bertz CT molecular complexity index is 504. The summed E-state index contributed by atoms with van der Waals surface area (Å²) in [6.45, 7) is 10.1. The number of sulfonamides is 1. The van der Waals surface area contributed by atoms with E-state index in [-0.39, 0.29) is 10.4 Å². The Morgan fingerprint density at radius 2 is 1.95 bits per heavy atom. The van der Waals surface area contributed by atoms with Gasteiger partial charge in [0, 0.05) is 19.3 Å². The minimum Gasteiger partial charge on any atom is -0.313 e. The van der Waals surface area contributed by atoms with E-state index in [1.807, 2.05) is 20.8 Å². The molecule has 1 aromatic heterocycles. The first-order valence-corrected chi connectivity index (χ1v) is 8.38. The predicted molar refractivity (Wildman–Crippen MR) is 80.9 cm³/mol. The number of pyridine rings is 1. The lowest BCUT2D eigenvalue weighted by atomic mass is 9.98. The molecule has 6 heteroatoms. The summed E-state index contributed by atoms with van der Waals surface area (Å²) in [5.41, 5.74) is 0.880. The minimum atomic E-state index is -3.52. The summed E-state index contributed by atoms with van der Waals surface area (Å²) in [4.78, 5) is 4.04. The molecule has 0 fully saturated rings. The Hall–Kier alpha value is -0.980. The average molecular weight is 299 g/mol. The van der Waals surface area contributed by atoms with Crippen LogP contribution in [0.25, 0.3) is 0 Å². The van der Waals surface area contributed by atoms with E-state index in [2.05, 4.69) is 21.9 Å². The summed E-state index contributed by atoms with van der Waals surface area (Å²) in [6.07, 6.45) is 2.67. The van der Waals surface area contributed by atoms with Crippen LogP contribution >= 0.6 is 0 Å². The fourth-order valence-corrected chi connectivity index (χ4v) is 2.68. The Labute approximate surface area is 122 Å². The molecule has 2 N–H and O–H groups in total. The van der Waals surface area contributed by atoms with Crippen LogP contribution in [0, 0.1) is 5.41 Å². The summed E-state index contributed by atoms with van der Waals surface area (Å²) < 4.78 is 26.7. The van der Waals surface area contributed by atoms with Gasteiger partial charge in [-0.2, -0.15) is 0 Å². The van der Waals surface area contributed by atoms with Gasteiger partial charge in [0.15, 0.2) is 5.03 Å². The summed E-state index contributed by atoms with van der Waals surface area (Å²) in [7, 11) is -3.52. The van der Waals surface area contributed by atoms with Gasteiger partial charge in [0.25, 0.3) is 10.0 Å². The topological polar surface area (TPSA) is 71.1 Å². The van der Waals surface area contributed by atoms with Crippen LogP contribution in [0.3, 0.4) is 0 Å². The van der Waals surface area contributed by atoms with Crippen LogP contribution in [0.2, 0.25) is 0 Å². The first kappa shape index (κ1) is 17.1. The van der Waals surface area contributed by atoms with Gasteiger partial charge < -0.3 is 5.32 Å². The summed E-state index contributed by atoms with van der Waals surface area (Å²) >= 11 is 0. The Kier molecular flexibility index (Phi) is 6.10. The Morgan fingerprint density at radius 1 is 1.25 bits per heavy atom. The number of aromatic nitrogens is 1. The van der Waals surface area contributed by atoms with E-state index in [0.717, 1.165) is 18.5 Å². The third-order valence-electron chi connectivity index (χ3n) is 2.62. The van der Waals surface area contributed by atoms with Crippen molar-refractivity contribution in [2.24, 2.45) is 5.41 Å². The van der Waals surface area contributed by atoms with Crippen LogP contribution in [-0.2, 0) is 16.6 Å². The van der Waals surface area contributed by atoms with E-state index < -0.39 is 10.0 Å². The second kappa shape index (κ2) is 7.15. The standard InChI is InChI=1S/C14H25N3O2S/c1-5-8-15-9-12-6-7-13(16-10-12)20(18,19)17-11-14(2,3)4/h6-7,10,15,17H,5,8-9,11H2,1-4H3. The first-order valence-electron chi connectivity index (χ1n) is 6.90. The molecule has 0 aliphatic carbocycles. The number of nitrogens with one attached hydrogen (secondary N) is 2. The second-order valence-corrected chi connectivity index (χ2v) is 7.78. The van der Waals surface area contributed by atoms with E-state index >= 15 is 0 Å². The quantitative estimate of drug-likeness (QED) is 0.754. The van der Waals surface area contributed by atoms with Gasteiger partial charge in [0.05, 0.1) is 0 Å². The zero-order valence-electron chi connectivity index (χ0n) is 12.7. The van der Waals surface area contributed by atoms with Crippen molar-refractivity contribution in [2.45, 2.75) is 45.7 Å². The molecule has 0 bridgehead atoms. The maximum absolute atomic E-state index is 12.1. The fourth-order valence-electron chi connectivity index (χ4n) is 1.47. The lowest BCUT2D eigenvalue weighted by Crippen LogP contribution is -2.32. The van der Waals surface area contributed by atoms with Gasteiger partial charge in [0.1, 0.15) is 0 Å². The molecule has 1 aromatic rings. The highest BCUT2D eigenvalue weighted by molar-refractivity contribution is 7.89. The second-order valence-electron chi connectivity index (χ2n) is 6.07. The van der Waals surface area contributed by atoms with E-state index in [9.17, 15) is 8.42 Å². The molecule has 0 aromatic carbocycles. The van der Waals surface area contributed by atoms with Crippen molar-refractivity contribution in [3.05, 3.63) is 23.9 Å². The van der Waals surface area contributed by atoms with Crippen LogP contribution in [0.5, 0.6) is 0 Å². The largest absolute Gasteiger partial charge is 0.313 e. The Balaban J connectivity index is 2.67. The molecule has 0 aliphatic heterocycles. The SMILES string of the molecule is CCCNCc1ccc(S(=O)(=O)NCC(C)(C)C)nc1. The fraction of sp³-hybridized carbons (Fsp3) is 0.643. The number of rotatable bonds is 7. The van der Waals surface area contributed by atoms with Crippen molar-refractivity contribution in [2.75, 3.05) is 13.1 Å². The highest BCUT2D eigenvalue weighted by atomic mass is 32.2. The van der Waals surface area contributed by atoms with Crippen LogP contribution in [0.15, 0.2) is 23.4 Å². The molecule has 114 valence electrons. The molecule has 1 heterocycles. The van der Waals surface area contributed by atoms with Gasteiger partial charge in [-0.25, -0.2) is 18.1 Å². The summed E-state index contributed by atoms with van der Waals surface area (Å²) in [5.74, 6) is 0. The molecule has 0 saturated heterocycles. The lowest BCUT2D eigenvalue weighted by molar-refractivity contribution is 0.407. The van der Waals surface area contributed by atoms with Crippen molar-refractivity contribution >= 4 is 10.0 Å². The van der Waals surface area contributed by atoms with Crippen molar-refractivity contribution in [3.63, 3.8) is 0 Å². The molecule has 5 nitrogen and oxygen atoms in total. The molecule has 0 radical (unpaired) electrons. The molecule has 0 spiro atoms. The number of hydrogen-bond acceptors (Lipinski definition) is 4. The van der Waals surface area contributed by atoms with Gasteiger partial charge in [-0.1, -0.05) is 33.8 Å². The van der Waals surface area contributed by atoms with E-state index in [1.54, 1.807) is 18.3 Å². The predicted octanol–water partition coefficient (Wildman–Crippen LogP) is 1.91. The zero-order chi connectivity index (χ0) is 15.2. The molecular formula is C14H25N3O2S. The highest BCUT2D eigenvalue weighted by Crippen LogP contribution is 2.13. The van der Waals surface area contributed by atoms with E-state index in [1.165, 1.54) is 0 Å². The van der Waals surface area contributed by atoms with E-state index in [4.69, 9.17) is 0 Å². The van der Waals surface area contributed by atoms with Crippen molar-refractivity contribution < 1.29 is 8.42 Å². The highest BCUT2D eigenvalue weighted by Gasteiger charge is 2.19. The first-order chi connectivity index (χ1) is 9.24. The zero-order valence-corrected chi connectivity index (χ0v) is 13.5. The van der Waals surface area contributed by atoms with E-state index in [0.29, 0.717) is 13.1 Å². The molecule has 0 saturated carbocycles. The normalized spacial score (nSPS) is 12.6.